The van der Waals surface area contributed by atoms with Crippen molar-refractivity contribution in [3.63, 3.8) is 0 Å². The number of fused-ring (bicyclic) bond motifs is 4. The molecule has 3 N–H and O–H groups in total. The predicted octanol–water partition coefficient (Wildman–Crippen LogP) is 0.881. The Labute approximate surface area is 180 Å². The summed E-state index contributed by atoms with van der Waals surface area (Å²) in [5.41, 5.74) is 8.78. The van der Waals surface area contributed by atoms with Gasteiger partial charge in [-0.1, -0.05) is 53.7 Å². The van der Waals surface area contributed by atoms with Crippen LogP contribution in [0.2, 0.25) is 0 Å². The Morgan fingerprint density at radius 3 is 2.38 bits per heavy atom. The van der Waals surface area contributed by atoms with Gasteiger partial charge in [0.2, 0.25) is 0 Å². The number of amides is 2. The van der Waals surface area contributed by atoms with Gasteiger partial charge in [0.15, 0.2) is 11.3 Å². The van der Waals surface area contributed by atoms with Crippen molar-refractivity contribution in [1.82, 2.24) is 29.7 Å². The molecular formula is C21H17N7O4. The zero-order valence-corrected chi connectivity index (χ0v) is 16.6. The molecule has 160 valence electrons. The van der Waals surface area contributed by atoms with Crippen LogP contribution < -0.4 is 16.7 Å². The number of carbonyl (C=O) groups excluding carboxylic acids is 2. The summed E-state index contributed by atoms with van der Waals surface area (Å²) in [5, 5.41) is 9.97. The van der Waals surface area contributed by atoms with Crippen LogP contribution in [0, 0.1) is 0 Å². The van der Waals surface area contributed by atoms with E-state index in [0.717, 1.165) is 37.7 Å². The molecule has 5 rings (SSSR count). The van der Waals surface area contributed by atoms with Gasteiger partial charge in [0.25, 0.3) is 5.91 Å². The number of nitrogens with two attached hydrogens (primary N) is 1. The molecule has 2 amide bonds. The summed E-state index contributed by atoms with van der Waals surface area (Å²) < 4.78 is 7.35. The number of benzene rings is 2. The molecule has 32 heavy (non-hydrogen) atoms. The Bertz CT molecular complexity index is 1380. The molecule has 0 spiro atoms. The van der Waals surface area contributed by atoms with Crippen LogP contribution in [0.15, 0.2) is 59.7 Å². The lowest BCUT2D eigenvalue weighted by Gasteiger charge is -2.14. The van der Waals surface area contributed by atoms with Crippen molar-refractivity contribution >= 4 is 17.6 Å². The average Bonchev–Trinajstić information content (AvgIpc) is 3.37. The highest BCUT2D eigenvalue weighted by Gasteiger charge is 2.29. The average molecular weight is 431 g/mol. The van der Waals surface area contributed by atoms with Crippen molar-refractivity contribution in [2.24, 2.45) is 5.73 Å². The Hall–Kier alpha value is -4.54. The van der Waals surface area contributed by atoms with Gasteiger partial charge in [0, 0.05) is 5.92 Å². The van der Waals surface area contributed by atoms with Crippen LogP contribution in [0.3, 0.4) is 0 Å². The lowest BCUT2D eigenvalue weighted by Crippen LogP contribution is -2.37. The molecular weight excluding hydrogens is 414 g/mol. The number of nitrogens with one attached hydrogen (secondary N) is 1. The number of imidazole rings is 1. The summed E-state index contributed by atoms with van der Waals surface area (Å²) in [6, 6.07) is 16.0. The first kappa shape index (κ1) is 19.4. The second-order valence-corrected chi connectivity index (χ2v) is 7.18. The molecule has 0 aliphatic heterocycles. The number of primary amides is 1. The van der Waals surface area contributed by atoms with Gasteiger partial charge >= 0.3 is 11.8 Å². The van der Waals surface area contributed by atoms with Gasteiger partial charge in [-0.05, 0) is 22.3 Å². The quantitative estimate of drug-likeness (QED) is 0.477. The van der Waals surface area contributed by atoms with Crippen molar-refractivity contribution in [3.05, 3.63) is 82.2 Å². The van der Waals surface area contributed by atoms with Crippen LogP contribution in [0.25, 0.3) is 16.8 Å². The number of ether oxygens (including phenoxy) is 1. The molecule has 0 fully saturated rings. The maximum absolute atomic E-state index is 12.5. The number of rotatable bonds is 5. The molecule has 2 aromatic carbocycles. The normalized spacial score (nSPS) is 12.4. The Morgan fingerprint density at radius 1 is 1.06 bits per heavy atom. The number of aromatic nitrogens is 5. The smallest absolute Gasteiger partial charge is 0.408 e. The van der Waals surface area contributed by atoms with Crippen molar-refractivity contribution < 1.29 is 14.3 Å². The van der Waals surface area contributed by atoms with Gasteiger partial charge in [-0.25, -0.2) is 19.0 Å². The number of alkyl carbamates (subject to hydrolysis) is 1. The van der Waals surface area contributed by atoms with Crippen LogP contribution in [0.1, 0.15) is 27.5 Å². The molecule has 0 saturated carbocycles. The lowest BCUT2D eigenvalue weighted by molar-refractivity contribution is 0.0997. The summed E-state index contributed by atoms with van der Waals surface area (Å²) in [5.74, 6) is -0.902. The summed E-state index contributed by atoms with van der Waals surface area (Å²) in [6.45, 7) is -0.133. The molecule has 4 aromatic rings. The molecule has 2 heterocycles. The minimum Gasteiger partial charge on any atom is -0.449 e. The van der Waals surface area contributed by atoms with E-state index in [-0.39, 0.29) is 30.5 Å². The monoisotopic (exact) mass is 431 g/mol. The van der Waals surface area contributed by atoms with Crippen LogP contribution in [0.4, 0.5) is 4.79 Å². The highest BCUT2D eigenvalue weighted by Crippen LogP contribution is 2.44. The molecule has 0 bridgehead atoms. The first-order valence-corrected chi connectivity index (χ1v) is 9.74. The van der Waals surface area contributed by atoms with Crippen LogP contribution >= 0.6 is 0 Å². The zero-order chi connectivity index (χ0) is 22.2. The fourth-order valence-corrected chi connectivity index (χ4v) is 3.90. The van der Waals surface area contributed by atoms with E-state index in [1.54, 1.807) is 0 Å². The van der Waals surface area contributed by atoms with Crippen molar-refractivity contribution in [1.29, 1.82) is 0 Å². The minimum atomic E-state index is -0.823. The summed E-state index contributed by atoms with van der Waals surface area (Å²) >= 11 is 0. The molecule has 0 unspecified atom stereocenters. The SMILES string of the molecule is NC(=O)c1ncn2c(=O)n(CNC(=O)OCC3c4ccccc4-c4ccccc43)nnc12. The van der Waals surface area contributed by atoms with E-state index >= 15 is 0 Å². The standard InChI is InChI=1S/C21H17N7O4/c22-18(29)17-19-25-26-28(21(31)27(19)10-23-17)11-24-20(30)32-9-16-14-7-3-1-5-12(14)13-6-2-4-8-15(13)16/h1-8,10,16H,9,11H2,(H2,22,29)(H,24,30). The van der Waals surface area contributed by atoms with Crippen molar-refractivity contribution in [2.45, 2.75) is 12.6 Å². The third-order valence-electron chi connectivity index (χ3n) is 5.37. The van der Waals surface area contributed by atoms with Gasteiger partial charge in [-0.3, -0.25) is 4.79 Å². The Morgan fingerprint density at radius 2 is 1.72 bits per heavy atom. The molecule has 1 aliphatic rings. The van der Waals surface area contributed by atoms with E-state index in [4.69, 9.17) is 10.5 Å². The molecule has 2 aromatic heterocycles. The van der Waals surface area contributed by atoms with E-state index in [0.29, 0.717) is 0 Å². The van der Waals surface area contributed by atoms with Gasteiger partial charge < -0.3 is 15.8 Å². The largest absolute Gasteiger partial charge is 0.449 e. The zero-order valence-electron chi connectivity index (χ0n) is 16.6. The summed E-state index contributed by atoms with van der Waals surface area (Å²) in [6.07, 6.45) is 0.417. The van der Waals surface area contributed by atoms with Crippen molar-refractivity contribution in [3.8, 4) is 11.1 Å². The second-order valence-electron chi connectivity index (χ2n) is 7.18. The van der Waals surface area contributed by atoms with Crippen LogP contribution in [-0.4, -0.2) is 43.0 Å². The van der Waals surface area contributed by atoms with E-state index < -0.39 is 17.7 Å². The van der Waals surface area contributed by atoms with Gasteiger partial charge in [0.1, 0.15) is 19.6 Å². The topological polar surface area (TPSA) is 146 Å². The van der Waals surface area contributed by atoms with Crippen LogP contribution in [0.5, 0.6) is 0 Å². The van der Waals surface area contributed by atoms with E-state index in [1.165, 1.54) is 0 Å². The molecule has 11 heteroatoms. The second kappa shape index (κ2) is 7.61. The van der Waals surface area contributed by atoms with E-state index in [9.17, 15) is 14.4 Å². The number of hydrogen-bond acceptors (Lipinski definition) is 7. The van der Waals surface area contributed by atoms with E-state index in [2.05, 4.69) is 32.7 Å². The first-order chi connectivity index (χ1) is 15.5. The number of nitrogens with zero attached hydrogens (tertiary/aromatic N) is 5. The fourth-order valence-electron chi connectivity index (χ4n) is 3.90. The Kier molecular flexibility index (Phi) is 4.62. The van der Waals surface area contributed by atoms with E-state index in [1.807, 2.05) is 36.4 Å². The maximum Gasteiger partial charge on any atom is 0.408 e. The summed E-state index contributed by atoms with van der Waals surface area (Å²) in [7, 11) is 0. The van der Waals surface area contributed by atoms with Gasteiger partial charge in [0.05, 0.1) is 0 Å². The number of carbonyl (C=O) groups is 2. The highest BCUT2D eigenvalue weighted by atomic mass is 16.5. The minimum absolute atomic E-state index is 0.0557. The molecule has 11 nitrogen and oxygen atoms in total. The third-order valence-corrected chi connectivity index (χ3v) is 5.37. The number of hydrogen-bond donors (Lipinski definition) is 2. The maximum atomic E-state index is 12.5. The molecule has 0 radical (unpaired) electrons. The van der Waals surface area contributed by atoms with Crippen LogP contribution in [-0.2, 0) is 11.4 Å². The highest BCUT2D eigenvalue weighted by molar-refractivity contribution is 5.96. The lowest BCUT2D eigenvalue weighted by atomic mass is 9.98. The van der Waals surface area contributed by atoms with Gasteiger partial charge in [-0.2, -0.15) is 4.68 Å². The fraction of sp³-hybridized carbons (Fsp3) is 0.143. The predicted molar refractivity (Wildman–Crippen MR) is 112 cm³/mol. The first-order valence-electron chi connectivity index (χ1n) is 9.74. The van der Waals surface area contributed by atoms with Crippen molar-refractivity contribution in [2.75, 3.05) is 6.61 Å². The Balaban J connectivity index is 1.27. The third kappa shape index (κ3) is 3.16. The molecule has 0 saturated heterocycles. The molecule has 0 atom stereocenters. The summed E-state index contributed by atoms with van der Waals surface area (Å²) in [4.78, 5) is 39.8. The molecule has 1 aliphatic carbocycles. The van der Waals surface area contributed by atoms with Gasteiger partial charge in [-0.15, -0.1) is 5.10 Å².